The van der Waals surface area contributed by atoms with E-state index < -0.39 is 11.7 Å². The summed E-state index contributed by atoms with van der Waals surface area (Å²) in [4.78, 5) is 4.07. The molecule has 0 atom stereocenters. The van der Waals surface area contributed by atoms with Gasteiger partial charge in [-0.1, -0.05) is 42.5 Å². The molecule has 0 aromatic heterocycles. The van der Waals surface area contributed by atoms with E-state index in [4.69, 9.17) is 4.74 Å². The van der Waals surface area contributed by atoms with Gasteiger partial charge in [-0.25, -0.2) is 0 Å². The van der Waals surface area contributed by atoms with Gasteiger partial charge in [0.05, 0.1) is 18.8 Å². The van der Waals surface area contributed by atoms with E-state index in [0.29, 0.717) is 32.3 Å². The summed E-state index contributed by atoms with van der Waals surface area (Å²) in [6.45, 7) is 2.00. The zero-order chi connectivity index (χ0) is 18.8. The first-order chi connectivity index (χ1) is 12.5. The number of benzene rings is 2. The van der Waals surface area contributed by atoms with Crippen LogP contribution < -0.4 is 10.6 Å². The minimum Gasteiger partial charge on any atom is -0.375 e. The first-order valence-corrected chi connectivity index (χ1v) is 8.21. The van der Waals surface area contributed by atoms with Crippen LogP contribution >= 0.6 is 24.0 Å². The van der Waals surface area contributed by atoms with Crippen LogP contribution in [0.25, 0.3) is 0 Å². The molecule has 2 N–H and O–H groups in total. The standard InChI is InChI=1S/C19H22F3N3O.HI/c1-23-18(24-11-12-26-14-16-5-3-2-4-6-16)25-13-15-7-9-17(10-8-15)19(20,21)22;/h2-10H,11-14H2,1H3,(H2,23,24,25);1H. The van der Waals surface area contributed by atoms with Crippen LogP contribution in [0.3, 0.4) is 0 Å². The summed E-state index contributed by atoms with van der Waals surface area (Å²) in [6, 6.07) is 14.9. The highest BCUT2D eigenvalue weighted by molar-refractivity contribution is 14.0. The van der Waals surface area contributed by atoms with Crippen molar-refractivity contribution in [2.45, 2.75) is 19.3 Å². The zero-order valence-corrected chi connectivity index (χ0v) is 17.3. The molecule has 0 heterocycles. The van der Waals surface area contributed by atoms with E-state index in [2.05, 4.69) is 15.6 Å². The lowest BCUT2D eigenvalue weighted by Gasteiger charge is -2.13. The van der Waals surface area contributed by atoms with Crippen molar-refractivity contribution >= 4 is 29.9 Å². The number of hydrogen-bond acceptors (Lipinski definition) is 2. The Morgan fingerprint density at radius 2 is 1.63 bits per heavy atom. The van der Waals surface area contributed by atoms with E-state index in [1.54, 1.807) is 7.05 Å². The molecule has 148 valence electrons. The van der Waals surface area contributed by atoms with E-state index in [0.717, 1.165) is 23.3 Å². The van der Waals surface area contributed by atoms with Crippen LogP contribution in [0.4, 0.5) is 13.2 Å². The smallest absolute Gasteiger partial charge is 0.375 e. The molecule has 0 saturated carbocycles. The van der Waals surface area contributed by atoms with Gasteiger partial charge in [0.25, 0.3) is 0 Å². The van der Waals surface area contributed by atoms with Crippen molar-refractivity contribution in [3.63, 3.8) is 0 Å². The van der Waals surface area contributed by atoms with Crippen molar-refractivity contribution in [2.24, 2.45) is 4.99 Å². The van der Waals surface area contributed by atoms with Gasteiger partial charge in [0, 0.05) is 20.1 Å². The lowest BCUT2D eigenvalue weighted by Crippen LogP contribution is -2.38. The second-order valence-electron chi connectivity index (χ2n) is 5.59. The van der Waals surface area contributed by atoms with Crippen LogP contribution in [-0.2, 0) is 24.1 Å². The fraction of sp³-hybridized carbons (Fsp3) is 0.316. The molecule has 27 heavy (non-hydrogen) atoms. The normalized spacial score (nSPS) is 11.6. The molecular formula is C19H23F3IN3O. The molecule has 0 radical (unpaired) electrons. The summed E-state index contributed by atoms with van der Waals surface area (Å²) in [5, 5.41) is 6.15. The van der Waals surface area contributed by atoms with Gasteiger partial charge in [0.2, 0.25) is 0 Å². The third-order valence-electron chi connectivity index (χ3n) is 3.62. The molecular weight excluding hydrogens is 470 g/mol. The molecule has 0 saturated heterocycles. The van der Waals surface area contributed by atoms with E-state index >= 15 is 0 Å². The quantitative estimate of drug-likeness (QED) is 0.263. The molecule has 0 aliphatic rings. The van der Waals surface area contributed by atoms with Crippen LogP contribution in [0.15, 0.2) is 59.6 Å². The monoisotopic (exact) mass is 493 g/mol. The molecule has 2 rings (SSSR count). The van der Waals surface area contributed by atoms with E-state index in [1.807, 2.05) is 30.3 Å². The fourth-order valence-corrected chi connectivity index (χ4v) is 2.22. The lowest BCUT2D eigenvalue weighted by molar-refractivity contribution is -0.137. The highest BCUT2D eigenvalue weighted by atomic mass is 127. The topological polar surface area (TPSA) is 45.7 Å². The molecule has 0 aliphatic heterocycles. The lowest BCUT2D eigenvalue weighted by atomic mass is 10.1. The number of rotatable bonds is 7. The third-order valence-corrected chi connectivity index (χ3v) is 3.62. The van der Waals surface area contributed by atoms with Gasteiger partial charge in [0.1, 0.15) is 0 Å². The Morgan fingerprint density at radius 1 is 0.963 bits per heavy atom. The van der Waals surface area contributed by atoms with Gasteiger partial charge in [-0.3, -0.25) is 4.99 Å². The molecule has 0 unspecified atom stereocenters. The Hall–Kier alpha value is -1.81. The maximum Gasteiger partial charge on any atom is 0.416 e. The molecule has 0 bridgehead atoms. The molecule has 0 spiro atoms. The highest BCUT2D eigenvalue weighted by Gasteiger charge is 2.29. The number of ether oxygens (including phenoxy) is 1. The summed E-state index contributed by atoms with van der Waals surface area (Å²) in [5.74, 6) is 0.563. The van der Waals surface area contributed by atoms with E-state index in [-0.39, 0.29) is 24.0 Å². The Balaban J connectivity index is 0.00000364. The Bertz CT molecular complexity index is 692. The second-order valence-corrected chi connectivity index (χ2v) is 5.59. The van der Waals surface area contributed by atoms with Gasteiger partial charge in [-0.05, 0) is 23.3 Å². The van der Waals surface area contributed by atoms with Gasteiger partial charge in [0.15, 0.2) is 5.96 Å². The molecule has 2 aromatic carbocycles. The Morgan fingerprint density at radius 3 is 2.22 bits per heavy atom. The molecule has 8 heteroatoms. The van der Waals surface area contributed by atoms with Crippen molar-refractivity contribution in [1.29, 1.82) is 0 Å². The number of aliphatic imine (C=N–C) groups is 1. The number of guanidine groups is 1. The molecule has 4 nitrogen and oxygen atoms in total. The SMILES string of the molecule is CN=C(NCCOCc1ccccc1)NCc1ccc(C(F)(F)F)cc1.I. The van der Waals surface area contributed by atoms with E-state index in [9.17, 15) is 13.2 Å². The summed E-state index contributed by atoms with van der Waals surface area (Å²) in [5.41, 5.74) is 1.19. The van der Waals surface area contributed by atoms with Crippen LogP contribution in [-0.4, -0.2) is 26.2 Å². The maximum absolute atomic E-state index is 12.5. The molecule has 0 aliphatic carbocycles. The van der Waals surface area contributed by atoms with Gasteiger partial charge >= 0.3 is 6.18 Å². The zero-order valence-electron chi connectivity index (χ0n) is 14.9. The number of nitrogens with zero attached hydrogens (tertiary/aromatic N) is 1. The van der Waals surface area contributed by atoms with Crippen molar-refractivity contribution in [1.82, 2.24) is 10.6 Å². The highest BCUT2D eigenvalue weighted by Crippen LogP contribution is 2.28. The second kappa shape index (κ2) is 11.8. The Labute approximate surface area is 174 Å². The minimum absolute atomic E-state index is 0. The maximum atomic E-state index is 12.5. The summed E-state index contributed by atoms with van der Waals surface area (Å²) >= 11 is 0. The summed E-state index contributed by atoms with van der Waals surface area (Å²) in [6.07, 6.45) is -4.32. The van der Waals surface area contributed by atoms with Gasteiger partial charge in [-0.2, -0.15) is 13.2 Å². The number of halogens is 4. The van der Waals surface area contributed by atoms with Crippen LogP contribution in [0.5, 0.6) is 0 Å². The largest absolute Gasteiger partial charge is 0.416 e. The number of nitrogens with one attached hydrogen (secondary N) is 2. The van der Waals surface area contributed by atoms with Crippen molar-refractivity contribution < 1.29 is 17.9 Å². The molecule has 0 amide bonds. The number of alkyl halides is 3. The van der Waals surface area contributed by atoms with Gasteiger partial charge in [-0.15, -0.1) is 24.0 Å². The Kier molecular flexibility index (Phi) is 10.2. The van der Waals surface area contributed by atoms with Crippen LogP contribution in [0.1, 0.15) is 16.7 Å². The first kappa shape index (κ1) is 23.2. The average molecular weight is 493 g/mol. The van der Waals surface area contributed by atoms with Crippen LogP contribution in [0.2, 0.25) is 0 Å². The molecule has 2 aromatic rings. The van der Waals surface area contributed by atoms with Gasteiger partial charge < -0.3 is 15.4 Å². The predicted octanol–water partition coefficient (Wildman–Crippen LogP) is 4.21. The fourth-order valence-electron chi connectivity index (χ4n) is 2.22. The summed E-state index contributed by atoms with van der Waals surface area (Å²) < 4.78 is 43.2. The van der Waals surface area contributed by atoms with Crippen molar-refractivity contribution in [2.75, 3.05) is 20.2 Å². The minimum atomic E-state index is -4.32. The summed E-state index contributed by atoms with van der Waals surface area (Å²) in [7, 11) is 1.63. The van der Waals surface area contributed by atoms with Crippen LogP contribution in [0, 0.1) is 0 Å². The van der Waals surface area contributed by atoms with E-state index in [1.165, 1.54) is 12.1 Å². The molecule has 0 fully saturated rings. The van der Waals surface area contributed by atoms with Crippen molar-refractivity contribution in [3.8, 4) is 0 Å². The predicted molar refractivity (Wildman–Crippen MR) is 111 cm³/mol. The average Bonchev–Trinajstić information content (AvgIpc) is 2.64. The first-order valence-electron chi connectivity index (χ1n) is 8.21. The number of hydrogen-bond donors (Lipinski definition) is 2. The third kappa shape index (κ3) is 8.61. The van der Waals surface area contributed by atoms with Crippen molar-refractivity contribution in [3.05, 3.63) is 71.3 Å².